The third-order valence-corrected chi connectivity index (χ3v) is 2.89. The molecule has 0 unspecified atom stereocenters. The Kier molecular flexibility index (Phi) is 3.45. The van der Waals surface area contributed by atoms with Crippen LogP contribution in [0.3, 0.4) is 0 Å². The molecule has 1 saturated carbocycles. The zero-order valence-corrected chi connectivity index (χ0v) is 10.2. The highest BCUT2D eigenvalue weighted by Crippen LogP contribution is 2.24. The lowest BCUT2D eigenvalue weighted by Crippen LogP contribution is -2.36. The summed E-state index contributed by atoms with van der Waals surface area (Å²) in [6.07, 6.45) is 4.94. The van der Waals surface area contributed by atoms with E-state index in [4.69, 9.17) is 5.73 Å². The number of nitrogens with zero attached hydrogens (tertiary/aromatic N) is 5. The number of guanidine groups is 1. The van der Waals surface area contributed by atoms with Gasteiger partial charge in [-0.2, -0.15) is 5.10 Å². The van der Waals surface area contributed by atoms with Gasteiger partial charge in [0.1, 0.15) is 12.4 Å². The van der Waals surface area contributed by atoms with Crippen LogP contribution >= 0.6 is 0 Å². The minimum atomic E-state index is -0.470. The summed E-state index contributed by atoms with van der Waals surface area (Å²) in [5, 5.41) is 14.3. The number of aliphatic imine (C=N–C) groups is 1. The molecule has 1 aliphatic rings. The molecule has 0 aromatic carbocycles. The van der Waals surface area contributed by atoms with Crippen molar-refractivity contribution >= 4 is 11.6 Å². The van der Waals surface area contributed by atoms with Crippen molar-refractivity contribution in [2.75, 3.05) is 13.6 Å². The second-order valence-electron chi connectivity index (χ2n) is 4.30. The van der Waals surface area contributed by atoms with E-state index in [1.165, 1.54) is 17.1 Å². The molecule has 1 aromatic rings. The maximum absolute atomic E-state index is 10.5. The first kappa shape index (κ1) is 12.3. The van der Waals surface area contributed by atoms with Crippen LogP contribution in [-0.2, 0) is 6.54 Å². The molecular formula is C10H16N6O2. The molecule has 0 radical (unpaired) electrons. The molecule has 0 atom stereocenters. The molecule has 1 heterocycles. The third kappa shape index (κ3) is 2.96. The summed E-state index contributed by atoms with van der Waals surface area (Å²) in [6, 6.07) is 0.527. The summed E-state index contributed by atoms with van der Waals surface area (Å²) >= 11 is 0. The van der Waals surface area contributed by atoms with Gasteiger partial charge in [0.2, 0.25) is 0 Å². The normalized spacial score (nSPS) is 15.7. The fourth-order valence-corrected chi connectivity index (χ4v) is 1.60. The second kappa shape index (κ2) is 5.03. The van der Waals surface area contributed by atoms with E-state index >= 15 is 0 Å². The van der Waals surface area contributed by atoms with Crippen LogP contribution < -0.4 is 5.73 Å². The van der Waals surface area contributed by atoms with Crippen molar-refractivity contribution in [2.24, 2.45) is 10.7 Å². The van der Waals surface area contributed by atoms with Gasteiger partial charge in [-0.05, 0) is 12.8 Å². The van der Waals surface area contributed by atoms with Crippen molar-refractivity contribution in [1.29, 1.82) is 0 Å². The van der Waals surface area contributed by atoms with Crippen LogP contribution in [0.15, 0.2) is 17.4 Å². The molecule has 0 bridgehead atoms. The van der Waals surface area contributed by atoms with Gasteiger partial charge in [-0.15, -0.1) is 0 Å². The molecule has 1 aromatic heterocycles. The summed E-state index contributed by atoms with van der Waals surface area (Å²) in [6.45, 7) is 0.939. The predicted octanol–water partition coefficient (Wildman–Crippen LogP) is 0.200. The van der Waals surface area contributed by atoms with Gasteiger partial charge >= 0.3 is 5.69 Å². The Bertz CT molecular complexity index is 465. The number of hydrogen-bond donors (Lipinski definition) is 1. The predicted molar refractivity (Wildman–Crippen MR) is 66.2 cm³/mol. The van der Waals surface area contributed by atoms with E-state index in [2.05, 4.69) is 10.1 Å². The Morgan fingerprint density at radius 2 is 2.50 bits per heavy atom. The van der Waals surface area contributed by atoms with Crippen molar-refractivity contribution < 1.29 is 4.92 Å². The zero-order chi connectivity index (χ0) is 13.1. The number of aromatic nitrogens is 2. The summed E-state index contributed by atoms with van der Waals surface area (Å²) in [5.41, 5.74) is 5.80. The molecule has 8 nitrogen and oxygen atoms in total. The first-order chi connectivity index (χ1) is 8.58. The van der Waals surface area contributed by atoms with E-state index in [1.54, 1.807) is 0 Å². The van der Waals surface area contributed by atoms with Crippen LogP contribution in [0.4, 0.5) is 5.69 Å². The van der Waals surface area contributed by atoms with Gasteiger partial charge in [-0.25, -0.2) is 0 Å². The van der Waals surface area contributed by atoms with Gasteiger partial charge in [-0.3, -0.25) is 19.8 Å². The van der Waals surface area contributed by atoms with E-state index < -0.39 is 4.92 Å². The molecule has 0 spiro atoms. The van der Waals surface area contributed by atoms with Crippen molar-refractivity contribution in [2.45, 2.75) is 25.4 Å². The van der Waals surface area contributed by atoms with Crippen LogP contribution in [0.2, 0.25) is 0 Å². The van der Waals surface area contributed by atoms with Gasteiger partial charge in [0.15, 0.2) is 5.96 Å². The lowest BCUT2D eigenvalue weighted by molar-refractivity contribution is -0.385. The minimum Gasteiger partial charge on any atom is -0.370 e. The van der Waals surface area contributed by atoms with Crippen molar-refractivity contribution in [1.82, 2.24) is 14.7 Å². The van der Waals surface area contributed by atoms with Crippen LogP contribution in [-0.4, -0.2) is 45.2 Å². The Balaban J connectivity index is 1.83. The van der Waals surface area contributed by atoms with E-state index in [0.29, 0.717) is 25.1 Å². The molecule has 1 aliphatic carbocycles. The highest BCUT2D eigenvalue weighted by Gasteiger charge is 2.27. The minimum absolute atomic E-state index is 0.0120. The molecule has 0 saturated heterocycles. The molecular weight excluding hydrogens is 236 g/mol. The Labute approximate surface area is 104 Å². The lowest BCUT2D eigenvalue weighted by atomic mass is 10.5. The summed E-state index contributed by atoms with van der Waals surface area (Å²) < 4.78 is 1.49. The number of rotatable bonds is 5. The summed E-state index contributed by atoms with van der Waals surface area (Å²) in [4.78, 5) is 16.2. The van der Waals surface area contributed by atoms with E-state index in [0.717, 1.165) is 12.8 Å². The topological polar surface area (TPSA) is 103 Å². The fraction of sp³-hybridized carbons (Fsp3) is 0.600. The Hall–Kier alpha value is -2.12. The van der Waals surface area contributed by atoms with Gasteiger partial charge in [0.25, 0.3) is 0 Å². The highest BCUT2D eigenvalue weighted by molar-refractivity contribution is 5.78. The van der Waals surface area contributed by atoms with E-state index in [1.807, 2.05) is 11.9 Å². The zero-order valence-electron chi connectivity index (χ0n) is 10.2. The molecule has 98 valence electrons. The standard InChI is InChI=1S/C10H16N6O2/c1-14(8-2-3-8)10(11)12-4-5-15-7-9(6-13-15)16(17)18/h6-8H,2-5H2,1H3,(H2,11,12). The maximum Gasteiger partial charge on any atom is 0.306 e. The van der Waals surface area contributed by atoms with Crippen LogP contribution in [0.25, 0.3) is 0 Å². The summed E-state index contributed by atoms with van der Waals surface area (Å²) in [7, 11) is 1.93. The monoisotopic (exact) mass is 252 g/mol. The number of nitrogens with two attached hydrogens (primary N) is 1. The smallest absolute Gasteiger partial charge is 0.306 e. The van der Waals surface area contributed by atoms with Gasteiger partial charge in [0, 0.05) is 13.1 Å². The Morgan fingerprint density at radius 1 is 1.78 bits per heavy atom. The fourth-order valence-electron chi connectivity index (χ4n) is 1.60. The van der Waals surface area contributed by atoms with Crippen molar-refractivity contribution in [3.63, 3.8) is 0 Å². The van der Waals surface area contributed by atoms with Gasteiger partial charge in [0.05, 0.1) is 18.0 Å². The highest BCUT2D eigenvalue weighted by atomic mass is 16.6. The largest absolute Gasteiger partial charge is 0.370 e. The van der Waals surface area contributed by atoms with E-state index in [-0.39, 0.29) is 5.69 Å². The molecule has 8 heteroatoms. The third-order valence-electron chi connectivity index (χ3n) is 2.89. The average Bonchev–Trinajstić information content (AvgIpc) is 3.07. The van der Waals surface area contributed by atoms with Crippen LogP contribution in [0, 0.1) is 10.1 Å². The molecule has 18 heavy (non-hydrogen) atoms. The molecule has 2 rings (SSSR count). The molecule has 0 aliphatic heterocycles. The maximum atomic E-state index is 10.5. The lowest BCUT2D eigenvalue weighted by Gasteiger charge is -2.16. The molecule has 0 amide bonds. The quantitative estimate of drug-likeness (QED) is 0.349. The first-order valence-corrected chi connectivity index (χ1v) is 5.77. The van der Waals surface area contributed by atoms with Crippen LogP contribution in [0.5, 0.6) is 0 Å². The second-order valence-corrected chi connectivity index (χ2v) is 4.30. The SMILES string of the molecule is CN(C(N)=NCCn1cc([N+](=O)[O-])cn1)C1CC1. The van der Waals surface area contributed by atoms with Crippen molar-refractivity contribution in [3.05, 3.63) is 22.5 Å². The number of nitro groups is 1. The first-order valence-electron chi connectivity index (χ1n) is 5.77. The summed E-state index contributed by atoms with van der Waals surface area (Å²) in [5.74, 6) is 0.513. The molecule has 2 N–H and O–H groups in total. The average molecular weight is 252 g/mol. The van der Waals surface area contributed by atoms with Gasteiger partial charge in [-0.1, -0.05) is 0 Å². The number of hydrogen-bond acceptors (Lipinski definition) is 4. The molecule has 1 fully saturated rings. The Morgan fingerprint density at radius 3 is 3.06 bits per heavy atom. The van der Waals surface area contributed by atoms with Crippen molar-refractivity contribution in [3.8, 4) is 0 Å². The van der Waals surface area contributed by atoms with Crippen LogP contribution in [0.1, 0.15) is 12.8 Å². The van der Waals surface area contributed by atoms with E-state index in [9.17, 15) is 10.1 Å². The van der Waals surface area contributed by atoms with Gasteiger partial charge < -0.3 is 10.6 Å².